The number of halogens is 1. The van der Waals surface area contributed by atoms with E-state index < -0.39 is 0 Å². The topological polar surface area (TPSA) is 37.6 Å². The second-order valence-electron chi connectivity index (χ2n) is 4.91. The van der Waals surface area contributed by atoms with E-state index in [0.29, 0.717) is 5.56 Å². The molecule has 2 aromatic heterocycles. The van der Waals surface area contributed by atoms with Gasteiger partial charge in [0, 0.05) is 35.8 Å². The van der Waals surface area contributed by atoms with Crippen LogP contribution in [0.2, 0.25) is 0 Å². The fourth-order valence-corrected chi connectivity index (χ4v) is 2.82. The zero-order valence-electron chi connectivity index (χ0n) is 11.7. The zero-order valence-corrected chi connectivity index (χ0v) is 13.3. The van der Waals surface area contributed by atoms with Gasteiger partial charge in [0.1, 0.15) is 5.65 Å². The van der Waals surface area contributed by atoms with Gasteiger partial charge in [0.2, 0.25) is 0 Å². The highest BCUT2D eigenvalue weighted by Gasteiger charge is 2.15. The Labute approximate surface area is 131 Å². The number of pyridine rings is 1. The molecule has 0 fully saturated rings. The number of amides is 1. The summed E-state index contributed by atoms with van der Waals surface area (Å²) < 4.78 is 2.85. The normalized spacial score (nSPS) is 10.8. The van der Waals surface area contributed by atoms with Crippen LogP contribution >= 0.6 is 15.9 Å². The first-order valence-electron chi connectivity index (χ1n) is 6.53. The Morgan fingerprint density at radius 3 is 2.86 bits per heavy atom. The Bertz CT molecular complexity index is 825. The van der Waals surface area contributed by atoms with Gasteiger partial charge in [-0.05, 0) is 42.8 Å². The number of nitrogens with zero attached hydrogens (tertiary/aromatic N) is 3. The van der Waals surface area contributed by atoms with Crippen LogP contribution in [-0.4, -0.2) is 22.3 Å². The highest BCUT2D eigenvalue weighted by atomic mass is 79.9. The number of fused-ring (bicyclic) bond motifs is 1. The third kappa shape index (κ3) is 2.56. The fourth-order valence-electron chi connectivity index (χ4n) is 2.34. The average molecular weight is 344 g/mol. The summed E-state index contributed by atoms with van der Waals surface area (Å²) in [7, 11) is 1.79. The maximum absolute atomic E-state index is 12.6. The largest absolute Gasteiger partial charge is 0.311 e. The van der Waals surface area contributed by atoms with Crippen LogP contribution in [0.5, 0.6) is 0 Å². The van der Waals surface area contributed by atoms with Crippen LogP contribution < -0.4 is 4.90 Å². The number of hydrogen-bond donors (Lipinski definition) is 0. The van der Waals surface area contributed by atoms with Crippen LogP contribution in [0.3, 0.4) is 0 Å². The Morgan fingerprint density at radius 1 is 1.29 bits per heavy atom. The van der Waals surface area contributed by atoms with Gasteiger partial charge < -0.3 is 9.30 Å². The monoisotopic (exact) mass is 343 g/mol. The van der Waals surface area contributed by atoms with Gasteiger partial charge in [0.05, 0.1) is 5.56 Å². The van der Waals surface area contributed by atoms with Crippen LogP contribution in [-0.2, 0) is 0 Å². The molecular weight excluding hydrogens is 330 g/mol. The van der Waals surface area contributed by atoms with Crippen molar-refractivity contribution in [1.82, 2.24) is 9.38 Å². The summed E-state index contributed by atoms with van der Waals surface area (Å²) in [5.74, 6) is -0.0453. The van der Waals surface area contributed by atoms with Crippen LogP contribution in [0.4, 0.5) is 5.69 Å². The van der Waals surface area contributed by atoms with E-state index in [1.807, 2.05) is 41.8 Å². The van der Waals surface area contributed by atoms with Crippen molar-refractivity contribution in [3.63, 3.8) is 0 Å². The summed E-state index contributed by atoms with van der Waals surface area (Å²) >= 11 is 3.44. The van der Waals surface area contributed by atoms with Crippen molar-refractivity contribution in [2.24, 2.45) is 0 Å². The molecule has 4 nitrogen and oxygen atoms in total. The van der Waals surface area contributed by atoms with Crippen molar-refractivity contribution in [3.8, 4) is 0 Å². The lowest BCUT2D eigenvalue weighted by molar-refractivity contribution is 0.0992. The van der Waals surface area contributed by atoms with Gasteiger partial charge >= 0.3 is 0 Å². The van der Waals surface area contributed by atoms with Crippen LogP contribution in [0.1, 0.15) is 15.9 Å². The molecule has 0 aliphatic carbocycles. The smallest absolute Gasteiger partial charge is 0.259 e. The maximum Gasteiger partial charge on any atom is 0.259 e. The second-order valence-corrected chi connectivity index (χ2v) is 5.82. The highest BCUT2D eigenvalue weighted by Crippen LogP contribution is 2.24. The fraction of sp³-hybridized carbons (Fsp3) is 0.125. The quantitative estimate of drug-likeness (QED) is 0.711. The minimum absolute atomic E-state index is 0.0453. The van der Waals surface area contributed by atoms with E-state index in [4.69, 9.17) is 0 Å². The molecule has 0 aliphatic heterocycles. The predicted octanol–water partition coefficient (Wildman–Crippen LogP) is 3.68. The van der Waals surface area contributed by atoms with Gasteiger partial charge in [-0.1, -0.05) is 15.9 Å². The summed E-state index contributed by atoms with van der Waals surface area (Å²) in [5.41, 5.74) is 3.40. The van der Waals surface area contributed by atoms with Crippen LogP contribution in [0.15, 0.2) is 53.4 Å². The summed E-state index contributed by atoms with van der Waals surface area (Å²) in [4.78, 5) is 18.5. The molecule has 0 saturated heterocycles. The Balaban J connectivity index is 1.96. The minimum Gasteiger partial charge on any atom is -0.311 e. The standard InChI is InChI=1S/C16H14BrN3O/c1-11-9-13(17)4-5-14(11)19(2)16(21)12-3-6-15-18-7-8-20(15)10-12/h3-10H,1-2H3. The van der Waals surface area contributed by atoms with Crippen molar-refractivity contribution < 1.29 is 4.79 Å². The van der Waals surface area contributed by atoms with E-state index in [-0.39, 0.29) is 5.91 Å². The number of rotatable bonds is 2. The summed E-state index contributed by atoms with van der Waals surface area (Å²) in [5, 5.41) is 0. The first-order chi connectivity index (χ1) is 10.1. The molecule has 0 atom stereocenters. The molecule has 106 valence electrons. The van der Waals surface area contributed by atoms with Crippen molar-refractivity contribution in [2.45, 2.75) is 6.92 Å². The SMILES string of the molecule is Cc1cc(Br)ccc1N(C)C(=O)c1ccc2nccn2c1. The molecular formula is C16H14BrN3O. The molecule has 0 radical (unpaired) electrons. The van der Waals surface area contributed by atoms with E-state index in [0.717, 1.165) is 21.4 Å². The lowest BCUT2D eigenvalue weighted by atomic mass is 10.1. The molecule has 0 N–H and O–H groups in total. The highest BCUT2D eigenvalue weighted by molar-refractivity contribution is 9.10. The molecule has 21 heavy (non-hydrogen) atoms. The van der Waals surface area contributed by atoms with Gasteiger partial charge in [-0.25, -0.2) is 4.98 Å². The Hall–Kier alpha value is -2.14. The Kier molecular flexibility index (Phi) is 3.51. The summed E-state index contributed by atoms with van der Waals surface area (Å²) in [6.45, 7) is 1.99. The molecule has 0 bridgehead atoms. The van der Waals surface area contributed by atoms with Crippen molar-refractivity contribution in [2.75, 3.05) is 11.9 Å². The summed E-state index contributed by atoms with van der Waals surface area (Å²) in [6.07, 6.45) is 5.35. The lowest BCUT2D eigenvalue weighted by Gasteiger charge is -2.20. The van der Waals surface area contributed by atoms with Crippen LogP contribution in [0, 0.1) is 6.92 Å². The molecule has 2 heterocycles. The van der Waals surface area contributed by atoms with Crippen molar-refractivity contribution >= 4 is 33.2 Å². The van der Waals surface area contributed by atoms with Crippen LogP contribution in [0.25, 0.3) is 5.65 Å². The molecule has 1 aromatic carbocycles. The third-order valence-corrected chi connectivity index (χ3v) is 3.95. The molecule has 3 rings (SSSR count). The molecule has 0 saturated carbocycles. The van der Waals surface area contributed by atoms with Gasteiger partial charge in [0.15, 0.2) is 0 Å². The van der Waals surface area contributed by atoms with E-state index in [1.54, 1.807) is 30.4 Å². The second kappa shape index (κ2) is 5.33. The molecule has 0 aliphatic rings. The van der Waals surface area contributed by atoms with E-state index in [1.165, 1.54) is 0 Å². The maximum atomic E-state index is 12.6. The molecule has 0 spiro atoms. The van der Waals surface area contributed by atoms with E-state index in [9.17, 15) is 4.79 Å². The van der Waals surface area contributed by atoms with E-state index in [2.05, 4.69) is 20.9 Å². The number of carbonyl (C=O) groups is 1. The van der Waals surface area contributed by atoms with E-state index >= 15 is 0 Å². The Morgan fingerprint density at radius 2 is 2.10 bits per heavy atom. The molecule has 3 aromatic rings. The number of aryl methyl sites for hydroxylation is 1. The first kappa shape index (κ1) is 13.8. The summed E-state index contributed by atoms with van der Waals surface area (Å²) in [6, 6.07) is 9.52. The lowest BCUT2D eigenvalue weighted by Crippen LogP contribution is -2.27. The minimum atomic E-state index is -0.0453. The predicted molar refractivity (Wildman–Crippen MR) is 86.8 cm³/mol. The van der Waals surface area contributed by atoms with Gasteiger partial charge in [-0.2, -0.15) is 0 Å². The number of benzene rings is 1. The van der Waals surface area contributed by atoms with Gasteiger partial charge in [-0.3, -0.25) is 4.79 Å². The number of hydrogen-bond acceptors (Lipinski definition) is 2. The molecule has 1 amide bonds. The molecule has 5 heteroatoms. The number of anilines is 1. The third-order valence-electron chi connectivity index (χ3n) is 3.46. The van der Waals surface area contributed by atoms with Gasteiger partial charge in [0.25, 0.3) is 5.91 Å². The zero-order chi connectivity index (χ0) is 15.0. The van der Waals surface area contributed by atoms with Crippen molar-refractivity contribution in [3.05, 3.63) is 64.5 Å². The number of carbonyl (C=O) groups excluding carboxylic acids is 1. The molecule has 0 unspecified atom stereocenters. The van der Waals surface area contributed by atoms with Crippen molar-refractivity contribution in [1.29, 1.82) is 0 Å². The first-order valence-corrected chi connectivity index (χ1v) is 7.32. The number of aromatic nitrogens is 2. The average Bonchev–Trinajstić information content (AvgIpc) is 2.93. The van der Waals surface area contributed by atoms with Gasteiger partial charge in [-0.15, -0.1) is 0 Å². The number of imidazole rings is 1.